The highest BCUT2D eigenvalue weighted by Crippen LogP contribution is 2.19. The number of halogens is 1. The summed E-state index contributed by atoms with van der Waals surface area (Å²) in [5.74, 6) is -0.525. The molecule has 94 valence electrons. The second kappa shape index (κ2) is 5.49. The summed E-state index contributed by atoms with van der Waals surface area (Å²) in [5.41, 5.74) is 1.86. The first-order valence-electron chi connectivity index (χ1n) is 5.76. The summed E-state index contributed by atoms with van der Waals surface area (Å²) in [6.45, 7) is 2.34. The summed E-state index contributed by atoms with van der Waals surface area (Å²) in [6, 6.07) is 8.13. The highest BCUT2D eigenvalue weighted by atomic mass is 19.1. The van der Waals surface area contributed by atoms with Crippen LogP contribution in [0.5, 0.6) is 0 Å². The third-order valence-electron chi connectivity index (χ3n) is 2.55. The number of esters is 1. The zero-order valence-corrected chi connectivity index (χ0v) is 10.1. The summed E-state index contributed by atoms with van der Waals surface area (Å²) in [4.78, 5) is 11.3. The summed E-state index contributed by atoms with van der Waals surface area (Å²) in [6.07, 6.45) is 3.64. The van der Waals surface area contributed by atoms with Gasteiger partial charge in [-0.05, 0) is 36.2 Å². The Hall–Kier alpha value is -2.10. The molecule has 18 heavy (non-hydrogen) atoms. The van der Waals surface area contributed by atoms with Crippen molar-refractivity contribution in [1.82, 2.24) is 4.57 Å². The average molecular weight is 247 g/mol. The highest BCUT2D eigenvalue weighted by molar-refractivity contribution is 5.70. The minimum absolute atomic E-state index is 0.190. The second-order valence-electron chi connectivity index (χ2n) is 3.88. The predicted molar refractivity (Wildman–Crippen MR) is 66.5 cm³/mol. The Morgan fingerprint density at radius 2 is 1.94 bits per heavy atom. The first-order chi connectivity index (χ1) is 8.69. The normalized spacial score (nSPS) is 10.3. The van der Waals surface area contributed by atoms with E-state index in [4.69, 9.17) is 4.74 Å². The Morgan fingerprint density at radius 3 is 2.61 bits per heavy atom. The van der Waals surface area contributed by atoms with Crippen molar-refractivity contribution in [1.29, 1.82) is 0 Å². The molecule has 0 radical (unpaired) electrons. The quantitative estimate of drug-likeness (QED) is 0.778. The molecule has 1 heterocycles. The number of rotatable bonds is 4. The van der Waals surface area contributed by atoms with Gasteiger partial charge >= 0.3 is 5.97 Å². The average Bonchev–Trinajstić information content (AvgIpc) is 2.78. The molecule has 0 aliphatic carbocycles. The van der Waals surface area contributed by atoms with Crippen LogP contribution < -0.4 is 0 Å². The van der Waals surface area contributed by atoms with E-state index in [-0.39, 0.29) is 18.3 Å². The molecule has 1 aromatic carbocycles. The predicted octanol–water partition coefficient (Wildman–Crippen LogP) is 2.86. The van der Waals surface area contributed by atoms with Crippen LogP contribution in [0.25, 0.3) is 11.1 Å². The standard InChI is InChI=1S/C14H14FNO2/c1-2-18-14(17)10-16-8-7-12(9-16)11-3-5-13(15)6-4-11/h3-9H,2,10H2,1H3. The molecule has 0 N–H and O–H groups in total. The van der Waals surface area contributed by atoms with Gasteiger partial charge in [0, 0.05) is 12.4 Å². The van der Waals surface area contributed by atoms with Crippen LogP contribution in [-0.4, -0.2) is 17.1 Å². The van der Waals surface area contributed by atoms with Crippen LogP contribution in [0.2, 0.25) is 0 Å². The van der Waals surface area contributed by atoms with Crippen LogP contribution >= 0.6 is 0 Å². The molecule has 0 spiro atoms. The second-order valence-corrected chi connectivity index (χ2v) is 3.88. The lowest BCUT2D eigenvalue weighted by molar-refractivity contribution is -0.143. The molecule has 0 unspecified atom stereocenters. The third kappa shape index (κ3) is 2.97. The Labute approximate surface area is 105 Å². The van der Waals surface area contributed by atoms with Crippen molar-refractivity contribution in [2.24, 2.45) is 0 Å². The van der Waals surface area contributed by atoms with E-state index in [0.29, 0.717) is 6.61 Å². The fourth-order valence-corrected chi connectivity index (χ4v) is 1.71. The molecule has 0 aliphatic rings. The van der Waals surface area contributed by atoms with E-state index >= 15 is 0 Å². The molecule has 4 heteroatoms. The molecule has 0 bridgehead atoms. The van der Waals surface area contributed by atoms with Gasteiger partial charge in [0.2, 0.25) is 0 Å². The van der Waals surface area contributed by atoms with Crippen molar-refractivity contribution in [2.45, 2.75) is 13.5 Å². The van der Waals surface area contributed by atoms with Gasteiger partial charge in [-0.2, -0.15) is 0 Å². The lowest BCUT2D eigenvalue weighted by Crippen LogP contribution is -2.11. The Balaban J connectivity index is 2.10. The van der Waals surface area contributed by atoms with E-state index in [2.05, 4.69) is 0 Å². The van der Waals surface area contributed by atoms with Crippen LogP contribution in [-0.2, 0) is 16.1 Å². The third-order valence-corrected chi connectivity index (χ3v) is 2.55. The maximum atomic E-state index is 12.8. The van der Waals surface area contributed by atoms with Gasteiger partial charge in [-0.15, -0.1) is 0 Å². The minimum Gasteiger partial charge on any atom is -0.465 e. The number of carbonyl (C=O) groups is 1. The maximum absolute atomic E-state index is 12.8. The van der Waals surface area contributed by atoms with Crippen molar-refractivity contribution in [2.75, 3.05) is 6.61 Å². The molecular formula is C14H14FNO2. The first kappa shape index (κ1) is 12.4. The van der Waals surface area contributed by atoms with Gasteiger partial charge in [0.05, 0.1) is 6.61 Å². The molecule has 0 aliphatic heterocycles. The van der Waals surface area contributed by atoms with Crippen LogP contribution in [0, 0.1) is 5.82 Å². The zero-order chi connectivity index (χ0) is 13.0. The molecule has 0 saturated heterocycles. The fourth-order valence-electron chi connectivity index (χ4n) is 1.71. The summed E-state index contributed by atoms with van der Waals surface area (Å²) in [7, 11) is 0. The monoisotopic (exact) mass is 247 g/mol. The van der Waals surface area contributed by atoms with Gasteiger partial charge < -0.3 is 9.30 Å². The molecular weight excluding hydrogens is 233 g/mol. The SMILES string of the molecule is CCOC(=O)Cn1ccc(-c2ccc(F)cc2)c1. The highest BCUT2D eigenvalue weighted by Gasteiger charge is 2.05. The number of carbonyl (C=O) groups excluding carboxylic acids is 1. The molecule has 2 rings (SSSR count). The van der Waals surface area contributed by atoms with Gasteiger partial charge in [-0.3, -0.25) is 4.79 Å². The number of ether oxygens (including phenoxy) is 1. The minimum atomic E-state index is -0.265. The van der Waals surface area contributed by atoms with E-state index in [1.807, 2.05) is 12.3 Å². The van der Waals surface area contributed by atoms with E-state index in [1.165, 1.54) is 12.1 Å². The van der Waals surface area contributed by atoms with Crippen molar-refractivity contribution in [3.63, 3.8) is 0 Å². The fraction of sp³-hybridized carbons (Fsp3) is 0.214. The molecule has 0 amide bonds. The van der Waals surface area contributed by atoms with Crippen molar-refractivity contribution >= 4 is 5.97 Å². The van der Waals surface area contributed by atoms with E-state index in [1.54, 1.807) is 29.8 Å². The topological polar surface area (TPSA) is 31.2 Å². The molecule has 3 nitrogen and oxygen atoms in total. The Bertz CT molecular complexity index is 531. The number of nitrogens with zero attached hydrogens (tertiary/aromatic N) is 1. The number of hydrogen-bond donors (Lipinski definition) is 0. The van der Waals surface area contributed by atoms with Crippen LogP contribution in [0.3, 0.4) is 0 Å². The molecule has 1 aromatic heterocycles. The van der Waals surface area contributed by atoms with Gasteiger partial charge in [-0.1, -0.05) is 12.1 Å². The smallest absolute Gasteiger partial charge is 0.325 e. The van der Waals surface area contributed by atoms with Gasteiger partial charge in [0.15, 0.2) is 0 Å². The van der Waals surface area contributed by atoms with Crippen LogP contribution in [0.1, 0.15) is 6.92 Å². The summed E-state index contributed by atoms with van der Waals surface area (Å²) in [5, 5.41) is 0. The number of benzene rings is 1. The van der Waals surface area contributed by atoms with Crippen LogP contribution in [0.15, 0.2) is 42.7 Å². The summed E-state index contributed by atoms with van der Waals surface area (Å²) >= 11 is 0. The number of hydrogen-bond acceptors (Lipinski definition) is 2. The molecule has 0 fully saturated rings. The van der Waals surface area contributed by atoms with Crippen molar-refractivity contribution in [3.05, 3.63) is 48.5 Å². The van der Waals surface area contributed by atoms with Crippen molar-refractivity contribution in [3.8, 4) is 11.1 Å². The van der Waals surface area contributed by atoms with Gasteiger partial charge in [0.25, 0.3) is 0 Å². The molecule has 0 atom stereocenters. The summed E-state index contributed by atoms with van der Waals surface area (Å²) < 4.78 is 19.4. The lowest BCUT2D eigenvalue weighted by Gasteiger charge is -2.02. The molecule has 2 aromatic rings. The Morgan fingerprint density at radius 1 is 1.22 bits per heavy atom. The maximum Gasteiger partial charge on any atom is 0.325 e. The largest absolute Gasteiger partial charge is 0.465 e. The van der Waals surface area contributed by atoms with E-state index in [0.717, 1.165) is 11.1 Å². The zero-order valence-electron chi connectivity index (χ0n) is 10.1. The van der Waals surface area contributed by atoms with Crippen molar-refractivity contribution < 1.29 is 13.9 Å². The first-order valence-corrected chi connectivity index (χ1v) is 5.76. The van der Waals surface area contributed by atoms with E-state index in [9.17, 15) is 9.18 Å². The lowest BCUT2D eigenvalue weighted by atomic mass is 10.1. The molecule has 0 saturated carbocycles. The van der Waals surface area contributed by atoms with Crippen LogP contribution in [0.4, 0.5) is 4.39 Å². The van der Waals surface area contributed by atoms with Gasteiger partial charge in [-0.25, -0.2) is 4.39 Å². The Kier molecular flexibility index (Phi) is 3.77. The van der Waals surface area contributed by atoms with E-state index < -0.39 is 0 Å². The van der Waals surface area contributed by atoms with Gasteiger partial charge in [0.1, 0.15) is 12.4 Å². The number of aromatic nitrogens is 1.